The predicted octanol–water partition coefficient (Wildman–Crippen LogP) is 2.91. The number of carbonyl (C=O) groups is 1. The fraction of sp³-hybridized carbons (Fsp3) is 0.182. The summed E-state index contributed by atoms with van der Waals surface area (Å²) in [6.07, 6.45) is -4.51. The number of alkyl halides is 3. The van der Waals surface area contributed by atoms with Crippen molar-refractivity contribution in [2.24, 2.45) is 0 Å². The maximum atomic E-state index is 13.5. The first kappa shape index (κ1) is 13.6. The van der Waals surface area contributed by atoms with Crippen molar-refractivity contribution in [3.63, 3.8) is 0 Å². The van der Waals surface area contributed by atoms with E-state index < -0.39 is 24.4 Å². The molecular weight excluding hydrogens is 284 g/mol. The lowest BCUT2D eigenvalue weighted by Crippen LogP contribution is -2.33. The summed E-state index contributed by atoms with van der Waals surface area (Å²) in [4.78, 5) is 11.5. The Kier molecular flexibility index (Phi) is 3.36. The number of thiophene rings is 1. The molecule has 0 aliphatic rings. The van der Waals surface area contributed by atoms with Gasteiger partial charge in [-0.1, -0.05) is 6.07 Å². The van der Waals surface area contributed by atoms with Crippen LogP contribution in [0, 0.1) is 5.82 Å². The van der Waals surface area contributed by atoms with E-state index in [0.29, 0.717) is 4.70 Å². The maximum absolute atomic E-state index is 13.5. The van der Waals surface area contributed by atoms with Crippen molar-refractivity contribution in [1.82, 2.24) is 5.32 Å². The lowest BCUT2D eigenvalue weighted by Gasteiger charge is -2.07. The lowest BCUT2D eigenvalue weighted by atomic mass is 10.2. The molecule has 0 spiro atoms. The van der Waals surface area contributed by atoms with Crippen LogP contribution in [0.4, 0.5) is 23.2 Å². The van der Waals surface area contributed by atoms with Gasteiger partial charge in [0, 0.05) is 4.70 Å². The molecule has 0 aliphatic heterocycles. The van der Waals surface area contributed by atoms with Crippen LogP contribution in [-0.4, -0.2) is 18.6 Å². The topological polar surface area (TPSA) is 55.1 Å². The number of nitrogens with two attached hydrogens (primary N) is 1. The largest absolute Gasteiger partial charge is 0.405 e. The molecule has 2 aromatic rings. The second kappa shape index (κ2) is 4.69. The van der Waals surface area contributed by atoms with Crippen LogP contribution in [0.2, 0.25) is 0 Å². The average molecular weight is 292 g/mol. The standard InChI is InChI=1S/C11H8F4N2OS/c12-5-2-1-3-6-7(5)8(16)9(19-6)10(18)17-4-11(13,14)15/h1-3H,4,16H2,(H,17,18). The molecule has 102 valence electrons. The van der Waals surface area contributed by atoms with Gasteiger partial charge in [0.25, 0.3) is 5.91 Å². The molecular formula is C11H8F4N2OS. The van der Waals surface area contributed by atoms with E-state index in [1.165, 1.54) is 12.1 Å². The fourth-order valence-electron chi connectivity index (χ4n) is 1.56. The van der Waals surface area contributed by atoms with Crippen molar-refractivity contribution < 1.29 is 22.4 Å². The van der Waals surface area contributed by atoms with E-state index in [-0.39, 0.29) is 16.0 Å². The molecule has 0 atom stereocenters. The number of nitrogens with one attached hydrogen (secondary N) is 1. The van der Waals surface area contributed by atoms with Crippen molar-refractivity contribution in [1.29, 1.82) is 0 Å². The summed E-state index contributed by atoms with van der Waals surface area (Å²) in [5, 5.41) is 1.76. The molecule has 0 saturated heterocycles. The van der Waals surface area contributed by atoms with Crippen LogP contribution in [0.5, 0.6) is 0 Å². The van der Waals surface area contributed by atoms with Crippen LogP contribution in [0.25, 0.3) is 10.1 Å². The zero-order chi connectivity index (χ0) is 14.2. The molecule has 0 unspecified atom stereocenters. The highest BCUT2D eigenvalue weighted by Gasteiger charge is 2.29. The van der Waals surface area contributed by atoms with Gasteiger partial charge in [-0.15, -0.1) is 11.3 Å². The first-order chi connectivity index (χ1) is 8.79. The molecule has 0 saturated carbocycles. The van der Waals surface area contributed by atoms with Crippen molar-refractivity contribution in [3.05, 3.63) is 28.9 Å². The zero-order valence-electron chi connectivity index (χ0n) is 9.34. The third kappa shape index (κ3) is 2.78. The van der Waals surface area contributed by atoms with Gasteiger partial charge in [-0.2, -0.15) is 13.2 Å². The Bertz CT molecular complexity index is 635. The summed E-state index contributed by atoms with van der Waals surface area (Å²) in [6.45, 7) is -1.46. The molecule has 19 heavy (non-hydrogen) atoms. The van der Waals surface area contributed by atoms with Crippen molar-refractivity contribution in [3.8, 4) is 0 Å². The van der Waals surface area contributed by atoms with Crippen LogP contribution in [0.1, 0.15) is 9.67 Å². The molecule has 1 amide bonds. The van der Waals surface area contributed by atoms with E-state index >= 15 is 0 Å². The Balaban J connectivity index is 2.33. The van der Waals surface area contributed by atoms with Crippen molar-refractivity contribution in [2.75, 3.05) is 12.3 Å². The van der Waals surface area contributed by atoms with Gasteiger partial charge < -0.3 is 11.1 Å². The number of fused-ring (bicyclic) bond motifs is 1. The predicted molar refractivity (Wildman–Crippen MR) is 64.6 cm³/mol. The number of hydrogen-bond acceptors (Lipinski definition) is 3. The number of anilines is 1. The highest BCUT2D eigenvalue weighted by Crippen LogP contribution is 2.35. The van der Waals surface area contributed by atoms with E-state index in [1.54, 1.807) is 11.4 Å². The number of nitrogen functional groups attached to an aromatic ring is 1. The van der Waals surface area contributed by atoms with E-state index in [1.807, 2.05) is 0 Å². The monoisotopic (exact) mass is 292 g/mol. The summed E-state index contributed by atoms with van der Waals surface area (Å²) in [5.41, 5.74) is 5.47. The summed E-state index contributed by atoms with van der Waals surface area (Å²) < 4.78 is 49.9. The van der Waals surface area contributed by atoms with E-state index in [4.69, 9.17) is 5.73 Å². The number of halogens is 4. The van der Waals surface area contributed by atoms with Gasteiger partial charge >= 0.3 is 6.18 Å². The minimum atomic E-state index is -4.51. The summed E-state index contributed by atoms with van der Waals surface area (Å²) in [5.74, 6) is -1.57. The molecule has 3 N–H and O–H groups in total. The molecule has 0 fully saturated rings. The third-order valence-corrected chi connectivity index (χ3v) is 3.53. The van der Waals surface area contributed by atoms with E-state index in [2.05, 4.69) is 0 Å². The van der Waals surface area contributed by atoms with Gasteiger partial charge in [0.05, 0.1) is 11.1 Å². The molecule has 0 radical (unpaired) electrons. The van der Waals surface area contributed by atoms with Crippen LogP contribution >= 0.6 is 11.3 Å². The van der Waals surface area contributed by atoms with Gasteiger partial charge in [-0.05, 0) is 12.1 Å². The second-order valence-electron chi connectivity index (χ2n) is 3.76. The Morgan fingerprint density at radius 1 is 1.37 bits per heavy atom. The summed E-state index contributed by atoms with van der Waals surface area (Å²) in [6, 6.07) is 4.15. The first-order valence-electron chi connectivity index (χ1n) is 5.11. The second-order valence-corrected chi connectivity index (χ2v) is 4.81. The minimum Gasteiger partial charge on any atom is -0.397 e. The van der Waals surface area contributed by atoms with Crippen molar-refractivity contribution >= 4 is 33.0 Å². The quantitative estimate of drug-likeness (QED) is 0.836. The minimum absolute atomic E-state index is 0.0599. The van der Waals surface area contributed by atoms with Gasteiger partial charge in [0.1, 0.15) is 17.2 Å². The Hall–Kier alpha value is -1.83. The van der Waals surface area contributed by atoms with Crippen LogP contribution in [-0.2, 0) is 0 Å². The third-order valence-electron chi connectivity index (χ3n) is 2.36. The number of hydrogen-bond donors (Lipinski definition) is 2. The summed E-state index contributed by atoms with van der Waals surface area (Å²) >= 11 is 0.852. The Morgan fingerprint density at radius 2 is 2.05 bits per heavy atom. The molecule has 1 aromatic carbocycles. The number of rotatable bonds is 2. The van der Waals surface area contributed by atoms with Gasteiger partial charge in [-0.3, -0.25) is 4.79 Å². The Morgan fingerprint density at radius 3 is 2.63 bits per heavy atom. The maximum Gasteiger partial charge on any atom is 0.405 e. The van der Waals surface area contributed by atoms with E-state index in [0.717, 1.165) is 11.3 Å². The van der Waals surface area contributed by atoms with Crippen LogP contribution in [0.15, 0.2) is 18.2 Å². The van der Waals surface area contributed by atoms with Crippen LogP contribution in [0.3, 0.4) is 0 Å². The number of benzene rings is 1. The van der Waals surface area contributed by atoms with Gasteiger partial charge in [0.15, 0.2) is 0 Å². The molecule has 0 bridgehead atoms. The highest BCUT2D eigenvalue weighted by atomic mass is 32.1. The highest BCUT2D eigenvalue weighted by molar-refractivity contribution is 7.21. The molecule has 8 heteroatoms. The molecule has 2 rings (SSSR count). The molecule has 1 heterocycles. The average Bonchev–Trinajstić information content (AvgIpc) is 2.64. The first-order valence-corrected chi connectivity index (χ1v) is 5.92. The molecule has 1 aromatic heterocycles. The SMILES string of the molecule is Nc1c(C(=O)NCC(F)(F)F)sc2cccc(F)c12. The summed E-state index contributed by atoms with van der Waals surface area (Å²) in [7, 11) is 0. The number of amides is 1. The van der Waals surface area contributed by atoms with Gasteiger partial charge in [-0.25, -0.2) is 4.39 Å². The molecule has 0 aliphatic carbocycles. The van der Waals surface area contributed by atoms with Crippen molar-refractivity contribution in [2.45, 2.75) is 6.18 Å². The van der Waals surface area contributed by atoms with Gasteiger partial charge in [0.2, 0.25) is 0 Å². The van der Waals surface area contributed by atoms with Crippen LogP contribution < -0.4 is 11.1 Å². The fourth-order valence-corrected chi connectivity index (χ4v) is 2.61. The normalized spacial score (nSPS) is 11.8. The Labute approximate surface area is 109 Å². The molecule has 3 nitrogen and oxygen atoms in total. The smallest absolute Gasteiger partial charge is 0.397 e. The van der Waals surface area contributed by atoms with E-state index in [9.17, 15) is 22.4 Å². The zero-order valence-corrected chi connectivity index (χ0v) is 10.2. The number of carbonyl (C=O) groups excluding carboxylic acids is 1. The lowest BCUT2D eigenvalue weighted by molar-refractivity contribution is -0.123.